The number of ether oxygens (including phenoxy) is 1. The summed E-state index contributed by atoms with van der Waals surface area (Å²) in [7, 11) is -4.08. The lowest BCUT2D eigenvalue weighted by Crippen LogP contribution is -2.37. The lowest BCUT2D eigenvalue weighted by Gasteiger charge is -2.23. The fourth-order valence-corrected chi connectivity index (χ4v) is 3.86. The molecule has 5 nitrogen and oxygen atoms in total. The van der Waals surface area contributed by atoms with Gasteiger partial charge in [0.1, 0.15) is 16.4 Å². The van der Waals surface area contributed by atoms with Crippen molar-refractivity contribution in [3.63, 3.8) is 0 Å². The van der Waals surface area contributed by atoms with Gasteiger partial charge in [-0.1, -0.05) is 6.92 Å². The first kappa shape index (κ1) is 16.1. The van der Waals surface area contributed by atoms with Crippen LogP contribution in [0.1, 0.15) is 19.8 Å². The molecule has 1 aliphatic rings. The Morgan fingerprint density at radius 2 is 2.14 bits per heavy atom. The molecule has 0 amide bonds. The molecule has 21 heavy (non-hydrogen) atoms. The van der Waals surface area contributed by atoms with Crippen LogP contribution in [0, 0.1) is 11.6 Å². The van der Waals surface area contributed by atoms with Crippen molar-refractivity contribution in [2.75, 3.05) is 25.4 Å². The number of nitrogens with two attached hydrogens (primary N) is 1. The zero-order chi connectivity index (χ0) is 15.6. The molecule has 1 aromatic carbocycles. The summed E-state index contributed by atoms with van der Waals surface area (Å²) in [6, 6.07) is 1.75. The molecule has 0 radical (unpaired) electrons. The standard InChI is InChI=1S/C13H18F2N2O3S/c1-2-17(8-9-4-3-7-20-9)21(18,19)11-6-5-10(14)13(16)12(11)15/h5-6,9H,2-4,7-8,16H2,1H3. The van der Waals surface area contributed by atoms with Crippen LogP contribution < -0.4 is 5.73 Å². The van der Waals surface area contributed by atoms with Crippen LogP contribution in [0.3, 0.4) is 0 Å². The van der Waals surface area contributed by atoms with Crippen LogP contribution in [-0.4, -0.2) is 38.5 Å². The molecule has 1 heterocycles. The highest BCUT2D eigenvalue weighted by Crippen LogP contribution is 2.26. The first-order valence-corrected chi connectivity index (χ1v) is 8.17. The van der Waals surface area contributed by atoms with E-state index in [1.807, 2.05) is 0 Å². The van der Waals surface area contributed by atoms with Crippen LogP contribution in [-0.2, 0) is 14.8 Å². The van der Waals surface area contributed by atoms with E-state index in [2.05, 4.69) is 0 Å². The highest BCUT2D eigenvalue weighted by Gasteiger charge is 2.31. The van der Waals surface area contributed by atoms with Gasteiger partial charge in [0, 0.05) is 19.7 Å². The molecule has 2 rings (SSSR count). The van der Waals surface area contributed by atoms with Crippen molar-refractivity contribution in [1.29, 1.82) is 0 Å². The molecule has 1 aliphatic heterocycles. The van der Waals surface area contributed by atoms with Gasteiger partial charge in [-0.15, -0.1) is 0 Å². The second kappa shape index (κ2) is 6.25. The highest BCUT2D eigenvalue weighted by molar-refractivity contribution is 7.89. The molecule has 1 saturated heterocycles. The highest BCUT2D eigenvalue weighted by atomic mass is 32.2. The van der Waals surface area contributed by atoms with E-state index in [0.717, 1.165) is 29.3 Å². The van der Waals surface area contributed by atoms with Gasteiger partial charge in [-0.3, -0.25) is 0 Å². The minimum Gasteiger partial charge on any atom is -0.394 e. The molecule has 0 saturated carbocycles. The number of rotatable bonds is 5. The molecule has 1 fully saturated rings. The number of sulfonamides is 1. The molecule has 0 bridgehead atoms. The smallest absolute Gasteiger partial charge is 0.246 e. The fourth-order valence-electron chi connectivity index (χ4n) is 2.30. The van der Waals surface area contributed by atoms with E-state index in [0.29, 0.717) is 6.61 Å². The summed E-state index contributed by atoms with van der Waals surface area (Å²) in [5, 5.41) is 0. The Balaban J connectivity index is 2.32. The molecular weight excluding hydrogens is 302 g/mol. The third-order valence-corrected chi connectivity index (χ3v) is 5.45. The van der Waals surface area contributed by atoms with Gasteiger partial charge in [0.25, 0.3) is 0 Å². The van der Waals surface area contributed by atoms with Crippen molar-refractivity contribution >= 4 is 15.7 Å². The van der Waals surface area contributed by atoms with Crippen molar-refractivity contribution in [2.24, 2.45) is 0 Å². The Morgan fingerprint density at radius 1 is 1.43 bits per heavy atom. The Labute approximate surface area is 122 Å². The molecule has 0 spiro atoms. The summed E-state index contributed by atoms with van der Waals surface area (Å²) in [5.41, 5.74) is 4.44. The number of halogens is 2. The molecule has 2 N–H and O–H groups in total. The maximum absolute atomic E-state index is 14.0. The van der Waals surface area contributed by atoms with Gasteiger partial charge in [-0.2, -0.15) is 4.31 Å². The minimum atomic E-state index is -4.08. The Morgan fingerprint density at radius 3 is 2.71 bits per heavy atom. The van der Waals surface area contributed by atoms with Crippen molar-refractivity contribution in [3.8, 4) is 0 Å². The summed E-state index contributed by atoms with van der Waals surface area (Å²) in [6.45, 7) is 2.56. The summed E-state index contributed by atoms with van der Waals surface area (Å²) in [6.07, 6.45) is 1.45. The normalized spacial score (nSPS) is 19.3. The van der Waals surface area contributed by atoms with Gasteiger partial charge in [0.2, 0.25) is 10.0 Å². The van der Waals surface area contributed by atoms with E-state index in [9.17, 15) is 17.2 Å². The number of nitrogen functional groups attached to an aromatic ring is 1. The Kier molecular flexibility index (Phi) is 4.80. The molecule has 1 aromatic rings. The van der Waals surface area contributed by atoms with E-state index < -0.39 is 32.2 Å². The lowest BCUT2D eigenvalue weighted by molar-refractivity contribution is 0.0946. The summed E-state index contributed by atoms with van der Waals surface area (Å²) >= 11 is 0. The first-order chi connectivity index (χ1) is 9.87. The van der Waals surface area contributed by atoms with Crippen molar-refractivity contribution < 1.29 is 21.9 Å². The van der Waals surface area contributed by atoms with Gasteiger partial charge in [0.05, 0.1) is 6.10 Å². The van der Waals surface area contributed by atoms with Gasteiger partial charge in [0.15, 0.2) is 5.82 Å². The molecule has 0 aliphatic carbocycles. The molecule has 1 atom stereocenters. The average Bonchev–Trinajstić information content (AvgIpc) is 2.94. The van der Waals surface area contributed by atoms with E-state index in [4.69, 9.17) is 10.5 Å². The first-order valence-electron chi connectivity index (χ1n) is 6.73. The van der Waals surface area contributed by atoms with Crippen molar-refractivity contribution in [3.05, 3.63) is 23.8 Å². The van der Waals surface area contributed by atoms with E-state index >= 15 is 0 Å². The van der Waals surface area contributed by atoms with Crippen LogP contribution >= 0.6 is 0 Å². The maximum atomic E-state index is 14.0. The van der Waals surface area contributed by atoms with Crippen LogP contribution in [0.15, 0.2) is 17.0 Å². The minimum absolute atomic E-state index is 0.148. The fraction of sp³-hybridized carbons (Fsp3) is 0.538. The largest absolute Gasteiger partial charge is 0.394 e. The zero-order valence-electron chi connectivity index (χ0n) is 11.7. The predicted octanol–water partition coefficient (Wildman–Crippen LogP) is 1.74. The quantitative estimate of drug-likeness (QED) is 0.839. The summed E-state index contributed by atoms with van der Waals surface area (Å²) in [5.74, 6) is -2.23. The average molecular weight is 320 g/mol. The predicted molar refractivity (Wildman–Crippen MR) is 74.2 cm³/mol. The number of anilines is 1. The summed E-state index contributed by atoms with van der Waals surface area (Å²) in [4.78, 5) is -0.610. The number of hydrogen-bond donors (Lipinski definition) is 1. The van der Waals surface area contributed by atoms with Crippen LogP contribution in [0.5, 0.6) is 0 Å². The molecule has 118 valence electrons. The topological polar surface area (TPSA) is 72.6 Å². The van der Waals surface area contributed by atoms with Crippen LogP contribution in [0.25, 0.3) is 0 Å². The number of likely N-dealkylation sites (N-methyl/N-ethyl adjacent to an activating group) is 1. The van der Waals surface area contributed by atoms with Gasteiger partial charge >= 0.3 is 0 Å². The van der Waals surface area contributed by atoms with Crippen molar-refractivity contribution in [1.82, 2.24) is 4.31 Å². The Bertz CT molecular complexity index is 616. The SMILES string of the molecule is CCN(CC1CCCO1)S(=O)(=O)c1ccc(F)c(N)c1F. The third-order valence-electron chi connectivity index (χ3n) is 3.49. The summed E-state index contributed by atoms with van der Waals surface area (Å²) < 4.78 is 58.6. The van der Waals surface area contributed by atoms with Crippen molar-refractivity contribution in [2.45, 2.75) is 30.8 Å². The number of nitrogens with zero attached hydrogens (tertiary/aromatic N) is 1. The van der Waals surface area contributed by atoms with E-state index in [1.54, 1.807) is 6.92 Å². The maximum Gasteiger partial charge on any atom is 0.246 e. The molecule has 1 unspecified atom stereocenters. The molecular formula is C13H18F2N2O3S. The molecule has 0 aromatic heterocycles. The monoisotopic (exact) mass is 320 g/mol. The van der Waals surface area contributed by atoms with Crippen LogP contribution in [0.2, 0.25) is 0 Å². The molecule has 8 heteroatoms. The van der Waals surface area contributed by atoms with Gasteiger partial charge in [-0.25, -0.2) is 17.2 Å². The second-order valence-electron chi connectivity index (χ2n) is 4.86. The van der Waals surface area contributed by atoms with E-state index in [-0.39, 0.29) is 19.2 Å². The second-order valence-corrected chi connectivity index (χ2v) is 6.77. The van der Waals surface area contributed by atoms with Gasteiger partial charge < -0.3 is 10.5 Å². The number of hydrogen-bond acceptors (Lipinski definition) is 4. The lowest BCUT2D eigenvalue weighted by atomic mass is 10.2. The van der Waals surface area contributed by atoms with E-state index in [1.165, 1.54) is 0 Å². The Hall–Kier alpha value is -1.25. The number of benzene rings is 1. The van der Waals surface area contributed by atoms with Gasteiger partial charge in [-0.05, 0) is 25.0 Å². The van der Waals surface area contributed by atoms with Crippen LogP contribution in [0.4, 0.5) is 14.5 Å². The zero-order valence-corrected chi connectivity index (χ0v) is 12.5. The third kappa shape index (κ3) is 3.17.